The van der Waals surface area contributed by atoms with Crippen molar-refractivity contribution in [2.45, 2.75) is 0 Å². The molecular formula is C23H17N3O5S. The number of para-hydroxylation sites is 2. The zero-order valence-electron chi connectivity index (χ0n) is 16.9. The number of carbonyl (C=O) groups is 1. The van der Waals surface area contributed by atoms with Crippen molar-refractivity contribution >= 4 is 40.0 Å². The Morgan fingerprint density at radius 2 is 1.91 bits per heavy atom. The zero-order valence-corrected chi connectivity index (χ0v) is 17.7. The molecule has 0 saturated heterocycles. The van der Waals surface area contributed by atoms with Crippen molar-refractivity contribution in [3.63, 3.8) is 0 Å². The quantitative estimate of drug-likeness (QED) is 0.446. The number of hydrogen-bond donors (Lipinski definition) is 2. The lowest BCUT2D eigenvalue weighted by Crippen LogP contribution is -2.34. The van der Waals surface area contributed by atoms with Gasteiger partial charge in [0.25, 0.3) is 5.91 Å². The van der Waals surface area contributed by atoms with Gasteiger partial charge in [-0.15, -0.1) is 0 Å². The van der Waals surface area contributed by atoms with Gasteiger partial charge in [-0.25, -0.2) is 4.98 Å². The second-order valence-corrected chi connectivity index (χ2v) is 7.29. The van der Waals surface area contributed by atoms with Gasteiger partial charge in [0, 0.05) is 11.1 Å². The Morgan fingerprint density at radius 3 is 2.75 bits per heavy atom. The van der Waals surface area contributed by atoms with E-state index in [1.54, 1.807) is 37.4 Å². The lowest BCUT2D eigenvalue weighted by Gasteiger charge is -2.13. The molecule has 8 nitrogen and oxygen atoms in total. The first kappa shape index (κ1) is 19.8. The minimum absolute atomic E-state index is 0.112. The summed E-state index contributed by atoms with van der Waals surface area (Å²) in [5, 5.41) is 5.78. The van der Waals surface area contributed by atoms with E-state index in [2.05, 4.69) is 15.6 Å². The van der Waals surface area contributed by atoms with E-state index in [0.717, 1.165) is 11.1 Å². The summed E-state index contributed by atoms with van der Waals surface area (Å²) in [5.74, 6) is 1.75. The number of oxazole rings is 1. The highest BCUT2D eigenvalue weighted by Gasteiger charge is 2.18. The standard InChI is InChI=1S/C23H17N3O5S/c1-28-17-8-7-14(22-24-15-4-2-3-5-18(15)31-22)10-16(17)25-23(32)26-21(27)13-6-9-19-20(11-13)30-12-29-19/h2-11H,12H2,1H3,(H2,25,26,27,32). The number of aromatic nitrogens is 1. The average molecular weight is 447 g/mol. The van der Waals surface area contributed by atoms with Crippen LogP contribution in [0.3, 0.4) is 0 Å². The number of nitrogens with one attached hydrogen (secondary N) is 2. The van der Waals surface area contributed by atoms with Gasteiger partial charge in [-0.3, -0.25) is 10.1 Å². The molecule has 1 aliphatic heterocycles. The number of fused-ring (bicyclic) bond motifs is 2. The van der Waals surface area contributed by atoms with Crippen molar-refractivity contribution in [1.82, 2.24) is 10.3 Å². The van der Waals surface area contributed by atoms with Gasteiger partial charge in [0.2, 0.25) is 12.7 Å². The van der Waals surface area contributed by atoms with Crippen LogP contribution in [0.15, 0.2) is 65.1 Å². The van der Waals surface area contributed by atoms with E-state index >= 15 is 0 Å². The molecule has 5 rings (SSSR count). The molecule has 1 amide bonds. The van der Waals surface area contributed by atoms with E-state index in [-0.39, 0.29) is 17.8 Å². The molecule has 1 aromatic heterocycles. The van der Waals surface area contributed by atoms with Crippen LogP contribution < -0.4 is 24.8 Å². The molecular weight excluding hydrogens is 430 g/mol. The zero-order chi connectivity index (χ0) is 22.1. The fourth-order valence-electron chi connectivity index (χ4n) is 3.30. The van der Waals surface area contributed by atoms with Gasteiger partial charge in [-0.05, 0) is 60.7 Å². The molecule has 2 N–H and O–H groups in total. The van der Waals surface area contributed by atoms with Crippen LogP contribution in [0.5, 0.6) is 17.2 Å². The fraction of sp³-hybridized carbons (Fsp3) is 0.0870. The molecule has 0 unspecified atom stereocenters. The number of anilines is 1. The van der Waals surface area contributed by atoms with E-state index in [4.69, 9.17) is 30.8 Å². The molecule has 32 heavy (non-hydrogen) atoms. The lowest BCUT2D eigenvalue weighted by molar-refractivity contribution is 0.0977. The van der Waals surface area contributed by atoms with Crippen molar-refractivity contribution < 1.29 is 23.4 Å². The van der Waals surface area contributed by atoms with Crippen molar-refractivity contribution in [2.24, 2.45) is 0 Å². The van der Waals surface area contributed by atoms with Gasteiger partial charge in [0.05, 0.1) is 12.8 Å². The first-order valence-corrected chi connectivity index (χ1v) is 10.1. The summed E-state index contributed by atoms with van der Waals surface area (Å²) in [6, 6.07) is 17.9. The highest BCUT2D eigenvalue weighted by Crippen LogP contribution is 2.33. The molecule has 3 aromatic carbocycles. The summed E-state index contributed by atoms with van der Waals surface area (Å²) in [7, 11) is 1.55. The highest BCUT2D eigenvalue weighted by molar-refractivity contribution is 7.80. The number of amides is 1. The topological polar surface area (TPSA) is 94.9 Å². The Labute approximate surface area is 188 Å². The fourth-order valence-corrected chi connectivity index (χ4v) is 3.50. The molecule has 2 heterocycles. The Morgan fingerprint density at radius 1 is 1.06 bits per heavy atom. The Bertz CT molecular complexity index is 1320. The van der Waals surface area contributed by atoms with E-state index in [9.17, 15) is 4.79 Å². The predicted octanol–water partition coefficient (Wildman–Crippen LogP) is 4.36. The number of hydrogen-bond acceptors (Lipinski definition) is 7. The number of rotatable bonds is 4. The van der Waals surface area contributed by atoms with E-state index in [0.29, 0.717) is 40.0 Å². The molecule has 0 fully saturated rings. The maximum atomic E-state index is 12.6. The molecule has 0 saturated carbocycles. The summed E-state index contributed by atoms with van der Waals surface area (Å²) in [5.41, 5.74) is 3.14. The Kier molecular flexibility index (Phi) is 5.08. The minimum atomic E-state index is -0.380. The summed E-state index contributed by atoms with van der Waals surface area (Å²) in [6.07, 6.45) is 0. The maximum Gasteiger partial charge on any atom is 0.257 e. The van der Waals surface area contributed by atoms with Crippen LogP contribution in [0.25, 0.3) is 22.6 Å². The van der Waals surface area contributed by atoms with Gasteiger partial charge >= 0.3 is 0 Å². The van der Waals surface area contributed by atoms with Gasteiger partial charge in [0.15, 0.2) is 22.2 Å². The van der Waals surface area contributed by atoms with Gasteiger partial charge in [0.1, 0.15) is 11.3 Å². The summed E-state index contributed by atoms with van der Waals surface area (Å²) < 4.78 is 21.8. The first-order chi connectivity index (χ1) is 15.6. The number of benzene rings is 3. The van der Waals surface area contributed by atoms with Crippen molar-refractivity contribution in [3.8, 4) is 28.7 Å². The third kappa shape index (κ3) is 3.81. The maximum absolute atomic E-state index is 12.6. The highest BCUT2D eigenvalue weighted by atomic mass is 32.1. The number of carbonyl (C=O) groups excluding carboxylic acids is 1. The van der Waals surface area contributed by atoms with Crippen LogP contribution >= 0.6 is 12.2 Å². The molecule has 0 aliphatic carbocycles. The third-order valence-electron chi connectivity index (χ3n) is 4.85. The van der Waals surface area contributed by atoms with E-state index < -0.39 is 0 Å². The molecule has 0 spiro atoms. The molecule has 4 aromatic rings. The monoisotopic (exact) mass is 447 g/mol. The third-order valence-corrected chi connectivity index (χ3v) is 5.05. The van der Waals surface area contributed by atoms with E-state index in [1.165, 1.54) is 0 Å². The molecule has 160 valence electrons. The van der Waals surface area contributed by atoms with Crippen molar-refractivity contribution in [2.75, 3.05) is 19.2 Å². The molecule has 0 bridgehead atoms. The van der Waals surface area contributed by atoms with Crippen molar-refractivity contribution in [3.05, 3.63) is 66.2 Å². The van der Waals surface area contributed by atoms with Gasteiger partial charge in [-0.2, -0.15) is 0 Å². The summed E-state index contributed by atoms with van der Waals surface area (Å²) >= 11 is 5.34. The second-order valence-electron chi connectivity index (χ2n) is 6.88. The van der Waals surface area contributed by atoms with Crippen LogP contribution in [-0.2, 0) is 0 Å². The second kappa shape index (κ2) is 8.20. The minimum Gasteiger partial charge on any atom is -0.495 e. The largest absolute Gasteiger partial charge is 0.495 e. The Hall–Kier alpha value is -4.11. The first-order valence-electron chi connectivity index (χ1n) is 9.67. The molecule has 9 heteroatoms. The molecule has 1 aliphatic rings. The number of thiocarbonyl (C=S) groups is 1. The smallest absolute Gasteiger partial charge is 0.257 e. The summed E-state index contributed by atoms with van der Waals surface area (Å²) in [6.45, 7) is 0.136. The predicted molar refractivity (Wildman–Crippen MR) is 122 cm³/mol. The van der Waals surface area contributed by atoms with Crippen molar-refractivity contribution in [1.29, 1.82) is 0 Å². The van der Waals surface area contributed by atoms with Crippen LogP contribution in [0.1, 0.15) is 10.4 Å². The lowest BCUT2D eigenvalue weighted by atomic mass is 10.2. The number of nitrogens with zero attached hydrogens (tertiary/aromatic N) is 1. The number of ether oxygens (including phenoxy) is 3. The normalized spacial score (nSPS) is 11.9. The van der Waals surface area contributed by atoms with Crippen LogP contribution in [0.2, 0.25) is 0 Å². The SMILES string of the molecule is COc1ccc(-c2nc3ccccc3o2)cc1NC(=S)NC(=O)c1ccc2c(c1)OCO2. The van der Waals surface area contributed by atoms with Gasteiger partial charge in [-0.1, -0.05) is 12.1 Å². The van der Waals surface area contributed by atoms with E-state index in [1.807, 2.05) is 30.3 Å². The van der Waals surface area contributed by atoms with Gasteiger partial charge < -0.3 is 23.9 Å². The Balaban J connectivity index is 1.35. The molecule has 0 radical (unpaired) electrons. The van der Waals surface area contributed by atoms with Crippen LogP contribution in [0.4, 0.5) is 5.69 Å². The number of methoxy groups -OCH3 is 1. The molecule has 0 atom stereocenters. The van der Waals surface area contributed by atoms with Crippen LogP contribution in [0, 0.1) is 0 Å². The summed E-state index contributed by atoms with van der Waals surface area (Å²) in [4.78, 5) is 17.1. The van der Waals surface area contributed by atoms with Crippen LogP contribution in [-0.4, -0.2) is 29.9 Å². The average Bonchev–Trinajstić information content (AvgIpc) is 3.45.